The van der Waals surface area contributed by atoms with Gasteiger partial charge in [-0.1, -0.05) is 23.4 Å². The molecule has 2 aromatic carbocycles. The summed E-state index contributed by atoms with van der Waals surface area (Å²) in [6, 6.07) is 15.9. The summed E-state index contributed by atoms with van der Waals surface area (Å²) in [5.74, 6) is 0.635. The van der Waals surface area contributed by atoms with Crippen LogP contribution in [0.4, 0.5) is 9.59 Å². The summed E-state index contributed by atoms with van der Waals surface area (Å²) >= 11 is 1.53. The van der Waals surface area contributed by atoms with Crippen LogP contribution in [-0.2, 0) is 6.42 Å². The molecule has 3 N–H and O–H groups in total. The number of hydrogen-bond acceptors (Lipinski definition) is 8. The summed E-state index contributed by atoms with van der Waals surface area (Å²) < 4.78 is 7.96. The van der Waals surface area contributed by atoms with Crippen molar-refractivity contribution in [1.82, 2.24) is 40.5 Å². The zero-order valence-corrected chi connectivity index (χ0v) is 25.2. The number of thiazole rings is 1. The second kappa shape index (κ2) is 14.0. The van der Waals surface area contributed by atoms with Crippen LogP contribution in [0.3, 0.4) is 0 Å². The van der Waals surface area contributed by atoms with E-state index < -0.39 is 6.09 Å². The summed E-state index contributed by atoms with van der Waals surface area (Å²) in [5, 5.41) is 26.4. The molecule has 45 heavy (non-hydrogen) atoms. The summed E-state index contributed by atoms with van der Waals surface area (Å²) in [7, 11) is 0. The fourth-order valence-electron chi connectivity index (χ4n) is 4.97. The Labute approximate surface area is 263 Å². The SMILES string of the molecule is O=C(O)NCCCCc1cn(-c2ccc(-c3nc(C=Cc4ccc5ncccc5c4)cs3)c(OCCN3CCNC3=O)c2)nn1. The molecule has 230 valence electrons. The molecule has 1 aliphatic heterocycles. The lowest BCUT2D eigenvalue weighted by atomic mass is 10.1. The number of amides is 3. The van der Waals surface area contributed by atoms with Gasteiger partial charge >= 0.3 is 12.1 Å². The van der Waals surface area contributed by atoms with Gasteiger partial charge in [-0.3, -0.25) is 4.98 Å². The maximum absolute atomic E-state index is 12.0. The molecule has 3 aromatic heterocycles. The van der Waals surface area contributed by atoms with E-state index in [4.69, 9.17) is 14.8 Å². The molecule has 0 atom stereocenters. The first kappa shape index (κ1) is 29.8. The lowest BCUT2D eigenvalue weighted by Crippen LogP contribution is -2.31. The minimum Gasteiger partial charge on any atom is -0.491 e. The number of carbonyl (C=O) groups excluding carboxylic acids is 1. The van der Waals surface area contributed by atoms with Crippen LogP contribution in [0.25, 0.3) is 39.3 Å². The molecule has 0 unspecified atom stereocenters. The van der Waals surface area contributed by atoms with Crippen molar-refractivity contribution in [2.75, 3.05) is 32.8 Å². The van der Waals surface area contributed by atoms with Gasteiger partial charge < -0.3 is 25.4 Å². The molecular formula is C32H32N8O4S. The molecule has 3 amide bonds. The molecule has 6 rings (SSSR count). The van der Waals surface area contributed by atoms with E-state index in [1.54, 1.807) is 15.8 Å². The molecule has 5 aromatic rings. The molecule has 0 saturated carbocycles. The van der Waals surface area contributed by atoms with E-state index in [2.05, 4.69) is 32.0 Å². The lowest BCUT2D eigenvalue weighted by Gasteiger charge is -2.16. The number of fused-ring (bicyclic) bond motifs is 1. The second-order valence-electron chi connectivity index (χ2n) is 10.5. The van der Waals surface area contributed by atoms with Gasteiger partial charge in [-0.2, -0.15) is 0 Å². The third kappa shape index (κ3) is 7.62. The number of nitrogens with zero attached hydrogens (tertiary/aromatic N) is 6. The number of urea groups is 1. The Morgan fingerprint density at radius 1 is 1.16 bits per heavy atom. The van der Waals surface area contributed by atoms with Gasteiger partial charge in [0.25, 0.3) is 0 Å². The molecule has 1 fully saturated rings. The zero-order chi connectivity index (χ0) is 31.0. The molecule has 0 aliphatic carbocycles. The fourth-order valence-corrected chi connectivity index (χ4v) is 5.79. The number of rotatable bonds is 13. The number of unbranched alkanes of at least 4 members (excludes halogenated alkanes) is 1. The third-order valence-corrected chi connectivity index (χ3v) is 8.19. The van der Waals surface area contributed by atoms with Crippen LogP contribution in [0, 0.1) is 0 Å². The van der Waals surface area contributed by atoms with Gasteiger partial charge in [0.15, 0.2) is 0 Å². The number of aromatic nitrogens is 5. The smallest absolute Gasteiger partial charge is 0.404 e. The highest BCUT2D eigenvalue weighted by Gasteiger charge is 2.20. The van der Waals surface area contributed by atoms with Crippen LogP contribution in [0.1, 0.15) is 29.8 Å². The van der Waals surface area contributed by atoms with E-state index in [1.165, 1.54) is 11.3 Å². The topological polar surface area (TPSA) is 147 Å². The molecule has 0 spiro atoms. The fraction of sp³-hybridized carbons (Fsp3) is 0.250. The van der Waals surface area contributed by atoms with Crippen LogP contribution in [-0.4, -0.2) is 79.9 Å². The van der Waals surface area contributed by atoms with Gasteiger partial charge in [0.05, 0.1) is 40.9 Å². The summed E-state index contributed by atoms with van der Waals surface area (Å²) in [6.45, 7) is 2.48. The lowest BCUT2D eigenvalue weighted by molar-refractivity contribution is 0.194. The second-order valence-corrected chi connectivity index (χ2v) is 11.3. The average Bonchev–Trinajstić information content (AvgIpc) is 3.82. The molecule has 4 heterocycles. The Morgan fingerprint density at radius 2 is 2.09 bits per heavy atom. The Kier molecular flexibility index (Phi) is 9.25. The quantitative estimate of drug-likeness (QED) is 0.153. The van der Waals surface area contributed by atoms with Gasteiger partial charge in [0.1, 0.15) is 17.4 Å². The number of pyridine rings is 1. The van der Waals surface area contributed by atoms with Gasteiger partial charge in [0, 0.05) is 42.7 Å². The average molecular weight is 625 g/mol. The molecule has 1 aliphatic rings. The molecule has 13 heteroatoms. The molecule has 0 bridgehead atoms. The van der Waals surface area contributed by atoms with Gasteiger partial charge in [0.2, 0.25) is 0 Å². The van der Waals surface area contributed by atoms with Gasteiger partial charge in [-0.05, 0) is 61.2 Å². The molecular weight excluding hydrogens is 592 g/mol. The van der Waals surface area contributed by atoms with Crippen molar-refractivity contribution in [2.24, 2.45) is 0 Å². The summed E-state index contributed by atoms with van der Waals surface area (Å²) in [4.78, 5) is 33.6. The van der Waals surface area contributed by atoms with E-state index in [-0.39, 0.29) is 6.03 Å². The van der Waals surface area contributed by atoms with E-state index in [9.17, 15) is 9.59 Å². The zero-order valence-electron chi connectivity index (χ0n) is 24.4. The number of hydrogen-bond donors (Lipinski definition) is 3. The van der Waals surface area contributed by atoms with E-state index in [1.807, 2.05) is 66.2 Å². The van der Waals surface area contributed by atoms with Crippen LogP contribution in [0.2, 0.25) is 0 Å². The van der Waals surface area contributed by atoms with Crippen molar-refractivity contribution in [3.63, 3.8) is 0 Å². The van der Waals surface area contributed by atoms with Crippen molar-refractivity contribution >= 4 is 46.5 Å². The first-order chi connectivity index (χ1) is 22.0. The van der Waals surface area contributed by atoms with Gasteiger partial charge in [-0.25, -0.2) is 19.3 Å². The largest absolute Gasteiger partial charge is 0.491 e. The molecule has 12 nitrogen and oxygen atoms in total. The number of carboxylic acid groups (broad SMARTS) is 1. The van der Waals surface area contributed by atoms with E-state index in [0.29, 0.717) is 51.4 Å². The van der Waals surface area contributed by atoms with Gasteiger partial charge in [-0.15, -0.1) is 16.4 Å². The summed E-state index contributed by atoms with van der Waals surface area (Å²) in [5.41, 5.74) is 5.30. The number of ether oxygens (including phenoxy) is 1. The Balaban J connectivity index is 1.18. The minimum atomic E-state index is -1.02. The number of benzene rings is 2. The first-order valence-electron chi connectivity index (χ1n) is 14.7. The van der Waals surface area contributed by atoms with Crippen molar-refractivity contribution < 1.29 is 19.4 Å². The van der Waals surface area contributed by atoms with Crippen LogP contribution >= 0.6 is 11.3 Å². The number of aryl methyl sites for hydroxylation is 1. The predicted octanol–water partition coefficient (Wildman–Crippen LogP) is 5.10. The highest BCUT2D eigenvalue weighted by molar-refractivity contribution is 7.13. The van der Waals surface area contributed by atoms with Crippen molar-refractivity contribution in [3.05, 3.63) is 83.3 Å². The molecule has 1 saturated heterocycles. The van der Waals surface area contributed by atoms with Crippen molar-refractivity contribution in [3.8, 4) is 22.0 Å². The number of carbonyl (C=O) groups is 2. The minimum absolute atomic E-state index is 0.0829. The van der Waals surface area contributed by atoms with Crippen LogP contribution in [0.5, 0.6) is 5.75 Å². The third-order valence-electron chi connectivity index (χ3n) is 7.30. The summed E-state index contributed by atoms with van der Waals surface area (Å²) in [6.07, 6.45) is 8.86. The van der Waals surface area contributed by atoms with Crippen molar-refractivity contribution in [2.45, 2.75) is 19.3 Å². The highest BCUT2D eigenvalue weighted by Crippen LogP contribution is 2.34. The standard InChI is InChI=1S/C32H32N8O4S/c41-31-34-14-15-39(31)16-17-44-29-19-26(40-20-24(37-38-40)5-1-2-12-35-32(42)43)9-10-27(29)30-36-25(21-45-30)8-6-22-7-11-28-23(18-22)4-3-13-33-28/h3-4,6-11,13,18-21,35H,1-2,5,12,14-17H2,(H,34,41)(H,42,43). The maximum atomic E-state index is 12.0. The Bertz CT molecular complexity index is 1830. The highest BCUT2D eigenvalue weighted by atomic mass is 32.1. The maximum Gasteiger partial charge on any atom is 0.404 e. The molecule has 0 radical (unpaired) electrons. The predicted molar refractivity (Wildman–Crippen MR) is 173 cm³/mol. The van der Waals surface area contributed by atoms with Crippen LogP contribution < -0.4 is 15.4 Å². The normalized spacial score (nSPS) is 13.1. The Morgan fingerprint density at radius 3 is 2.96 bits per heavy atom. The van der Waals surface area contributed by atoms with E-state index in [0.717, 1.165) is 50.5 Å². The number of nitrogens with one attached hydrogen (secondary N) is 2. The first-order valence-corrected chi connectivity index (χ1v) is 15.6. The Hall–Kier alpha value is -5.30. The monoisotopic (exact) mass is 624 g/mol. The van der Waals surface area contributed by atoms with Crippen molar-refractivity contribution in [1.29, 1.82) is 0 Å². The van der Waals surface area contributed by atoms with Crippen LogP contribution in [0.15, 0.2) is 66.3 Å². The van der Waals surface area contributed by atoms with E-state index >= 15 is 0 Å².